The fourth-order valence-electron chi connectivity index (χ4n) is 0.690. The second-order valence-corrected chi connectivity index (χ2v) is 3.69. The first-order chi connectivity index (χ1) is 5.57. The predicted octanol–water partition coefficient (Wildman–Crippen LogP) is 2.87. The number of aldehydes is 1. The van der Waals surface area contributed by atoms with Gasteiger partial charge < -0.3 is 5.11 Å². The van der Waals surface area contributed by atoms with Gasteiger partial charge in [0.25, 0.3) is 0 Å². The van der Waals surface area contributed by atoms with Gasteiger partial charge in [0.05, 0.1) is 14.5 Å². The number of hydrogen-bond acceptors (Lipinski definition) is 2. The molecule has 0 aliphatic heterocycles. The number of phenols is 1. The molecule has 0 unspecified atom stereocenters. The SMILES string of the molecule is O=Cc1cc(Br)c(O)c(Br)c1F. The van der Waals surface area contributed by atoms with Gasteiger partial charge >= 0.3 is 0 Å². The van der Waals surface area contributed by atoms with Gasteiger partial charge in [0, 0.05) is 0 Å². The van der Waals surface area contributed by atoms with Gasteiger partial charge in [0.15, 0.2) is 12.1 Å². The van der Waals surface area contributed by atoms with E-state index in [9.17, 15) is 9.18 Å². The van der Waals surface area contributed by atoms with E-state index in [2.05, 4.69) is 31.9 Å². The molecule has 1 aromatic rings. The van der Waals surface area contributed by atoms with E-state index in [0.717, 1.165) is 0 Å². The van der Waals surface area contributed by atoms with E-state index in [1.54, 1.807) is 0 Å². The van der Waals surface area contributed by atoms with Gasteiger partial charge in [-0.3, -0.25) is 4.79 Å². The fraction of sp³-hybridized carbons (Fsp3) is 0. The molecule has 0 spiro atoms. The van der Waals surface area contributed by atoms with E-state index in [1.165, 1.54) is 6.07 Å². The van der Waals surface area contributed by atoms with Gasteiger partial charge in [-0.1, -0.05) is 0 Å². The van der Waals surface area contributed by atoms with Crippen LogP contribution in [0.4, 0.5) is 4.39 Å². The minimum absolute atomic E-state index is 0.105. The Bertz CT molecular complexity index is 339. The summed E-state index contributed by atoms with van der Waals surface area (Å²) in [6.45, 7) is 0. The summed E-state index contributed by atoms with van der Waals surface area (Å²) in [5.74, 6) is -1.01. The second-order valence-electron chi connectivity index (χ2n) is 2.04. The molecule has 0 amide bonds. The molecule has 0 saturated heterocycles. The zero-order valence-corrected chi connectivity index (χ0v) is 8.82. The minimum Gasteiger partial charge on any atom is -0.505 e. The molecule has 0 aliphatic rings. The molecular formula is C7H3Br2FO2. The Morgan fingerprint density at radius 2 is 2.08 bits per heavy atom. The van der Waals surface area contributed by atoms with Crippen LogP contribution in [0, 0.1) is 5.82 Å². The molecule has 12 heavy (non-hydrogen) atoms. The van der Waals surface area contributed by atoms with Crippen LogP contribution in [-0.2, 0) is 0 Å². The van der Waals surface area contributed by atoms with E-state index in [1.807, 2.05) is 0 Å². The number of hydrogen-bond donors (Lipinski definition) is 1. The van der Waals surface area contributed by atoms with Gasteiger partial charge in [0.2, 0.25) is 0 Å². The Balaban J connectivity index is 3.49. The van der Waals surface area contributed by atoms with E-state index in [-0.39, 0.29) is 20.3 Å². The molecule has 5 heteroatoms. The number of halogens is 3. The first-order valence-corrected chi connectivity index (χ1v) is 4.48. The van der Waals surface area contributed by atoms with Crippen molar-refractivity contribution in [3.8, 4) is 5.75 Å². The maximum Gasteiger partial charge on any atom is 0.153 e. The molecule has 1 aromatic carbocycles. The van der Waals surface area contributed by atoms with Crippen LogP contribution in [0.5, 0.6) is 5.75 Å². The quantitative estimate of drug-likeness (QED) is 0.639. The van der Waals surface area contributed by atoms with Crippen molar-refractivity contribution < 1.29 is 14.3 Å². The fourth-order valence-corrected chi connectivity index (χ4v) is 1.84. The van der Waals surface area contributed by atoms with Crippen LogP contribution in [0.1, 0.15) is 10.4 Å². The average molecular weight is 298 g/mol. The van der Waals surface area contributed by atoms with Crippen molar-refractivity contribution >= 4 is 38.1 Å². The summed E-state index contributed by atoms with van der Waals surface area (Å²) in [4.78, 5) is 10.3. The first-order valence-electron chi connectivity index (χ1n) is 2.89. The maximum atomic E-state index is 13.0. The predicted molar refractivity (Wildman–Crippen MR) is 48.9 cm³/mol. The van der Waals surface area contributed by atoms with Crippen molar-refractivity contribution in [1.29, 1.82) is 0 Å². The van der Waals surface area contributed by atoms with E-state index in [0.29, 0.717) is 6.29 Å². The number of carbonyl (C=O) groups is 1. The molecule has 0 saturated carbocycles. The third kappa shape index (κ3) is 1.51. The van der Waals surface area contributed by atoms with E-state index < -0.39 is 5.82 Å². The summed E-state index contributed by atoms with van der Waals surface area (Å²) in [5.41, 5.74) is -0.105. The van der Waals surface area contributed by atoms with Crippen molar-refractivity contribution in [3.63, 3.8) is 0 Å². The van der Waals surface area contributed by atoms with Crippen molar-refractivity contribution in [2.75, 3.05) is 0 Å². The molecule has 0 aliphatic carbocycles. The molecule has 0 fully saturated rings. The van der Waals surface area contributed by atoms with Crippen LogP contribution in [0.2, 0.25) is 0 Å². The first kappa shape index (κ1) is 9.67. The zero-order valence-electron chi connectivity index (χ0n) is 5.64. The Labute approximate surface area is 84.7 Å². The van der Waals surface area contributed by atoms with E-state index >= 15 is 0 Å². The molecule has 0 heterocycles. The van der Waals surface area contributed by atoms with Gasteiger partial charge in [-0.2, -0.15) is 0 Å². The summed E-state index contributed by atoms with van der Waals surface area (Å²) in [6, 6.07) is 1.21. The average Bonchev–Trinajstić information content (AvgIpc) is 2.08. The highest BCUT2D eigenvalue weighted by atomic mass is 79.9. The van der Waals surface area contributed by atoms with Crippen LogP contribution in [0.3, 0.4) is 0 Å². The Morgan fingerprint density at radius 3 is 2.58 bits per heavy atom. The molecule has 64 valence electrons. The number of aromatic hydroxyl groups is 1. The zero-order chi connectivity index (χ0) is 9.30. The lowest BCUT2D eigenvalue weighted by Crippen LogP contribution is -1.89. The highest BCUT2D eigenvalue weighted by Crippen LogP contribution is 2.35. The number of carbonyl (C=O) groups excluding carboxylic acids is 1. The molecule has 0 radical (unpaired) electrons. The van der Waals surface area contributed by atoms with Crippen LogP contribution in [-0.4, -0.2) is 11.4 Å². The number of benzene rings is 1. The summed E-state index contributed by atoms with van der Waals surface area (Å²) in [7, 11) is 0. The largest absolute Gasteiger partial charge is 0.505 e. The normalized spacial score (nSPS) is 9.92. The highest BCUT2D eigenvalue weighted by Gasteiger charge is 2.13. The third-order valence-electron chi connectivity index (χ3n) is 1.29. The van der Waals surface area contributed by atoms with E-state index in [4.69, 9.17) is 5.11 Å². The van der Waals surface area contributed by atoms with Gasteiger partial charge in [-0.15, -0.1) is 0 Å². The molecule has 0 atom stereocenters. The van der Waals surface area contributed by atoms with Crippen molar-refractivity contribution in [2.45, 2.75) is 0 Å². The molecule has 1 N–H and O–H groups in total. The van der Waals surface area contributed by atoms with Gasteiger partial charge in [0.1, 0.15) is 5.75 Å². The van der Waals surface area contributed by atoms with Gasteiger partial charge in [-0.25, -0.2) is 4.39 Å². The van der Waals surface area contributed by atoms with Crippen LogP contribution >= 0.6 is 31.9 Å². The van der Waals surface area contributed by atoms with Crippen LogP contribution < -0.4 is 0 Å². The minimum atomic E-state index is -0.759. The third-order valence-corrected chi connectivity index (χ3v) is 2.62. The smallest absolute Gasteiger partial charge is 0.153 e. The summed E-state index contributed by atoms with van der Waals surface area (Å²) >= 11 is 5.77. The monoisotopic (exact) mass is 296 g/mol. The number of phenolic OH excluding ortho intramolecular Hbond substituents is 1. The summed E-state index contributed by atoms with van der Waals surface area (Å²) in [6.07, 6.45) is 0.379. The highest BCUT2D eigenvalue weighted by molar-refractivity contribution is 9.11. The molecular weight excluding hydrogens is 295 g/mol. The Kier molecular flexibility index (Phi) is 2.85. The van der Waals surface area contributed by atoms with Crippen molar-refractivity contribution in [2.24, 2.45) is 0 Å². The molecule has 0 bridgehead atoms. The molecule has 1 rings (SSSR count). The maximum absolute atomic E-state index is 13.0. The Morgan fingerprint density at radius 1 is 1.50 bits per heavy atom. The second kappa shape index (κ2) is 3.53. The van der Waals surface area contributed by atoms with Gasteiger partial charge in [-0.05, 0) is 37.9 Å². The number of rotatable bonds is 1. The van der Waals surface area contributed by atoms with Crippen molar-refractivity contribution in [1.82, 2.24) is 0 Å². The van der Waals surface area contributed by atoms with Crippen LogP contribution in [0.25, 0.3) is 0 Å². The molecule has 0 aromatic heterocycles. The lowest BCUT2D eigenvalue weighted by atomic mass is 10.2. The topological polar surface area (TPSA) is 37.3 Å². The lowest BCUT2D eigenvalue weighted by molar-refractivity contribution is 0.111. The summed E-state index contributed by atoms with van der Waals surface area (Å²) in [5, 5.41) is 9.16. The Hall–Kier alpha value is -0.420. The standard InChI is InChI=1S/C7H3Br2FO2/c8-4-1-3(2-11)6(10)5(9)7(4)12/h1-2,12H. The summed E-state index contributed by atoms with van der Waals surface area (Å²) < 4.78 is 13.1. The van der Waals surface area contributed by atoms with Crippen LogP contribution in [0.15, 0.2) is 15.0 Å². The lowest BCUT2D eigenvalue weighted by Gasteiger charge is -2.02. The molecule has 2 nitrogen and oxygen atoms in total. The van der Waals surface area contributed by atoms with Crippen molar-refractivity contribution in [3.05, 3.63) is 26.4 Å².